The summed E-state index contributed by atoms with van der Waals surface area (Å²) in [5.74, 6) is 0. The van der Waals surface area contributed by atoms with Crippen LogP contribution in [0.4, 0.5) is 0 Å². The summed E-state index contributed by atoms with van der Waals surface area (Å²) < 4.78 is 25.3. The van der Waals surface area contributed by atoms with E-state index < -0.39 is 0 Å². The van der Waals surface area contributed by atoms with Gasteiger partial charge in [-0.05, 0) is 44.9 Å². The fourth-order valence-electron chi connectivity index (χ4n) is 5.28. The molecule has 7 nitrogen and oxygen atoms in total. The van der Waals surface area contributed by atoms with Crippen LogP contribution < -0.4 is 0 Å². The molecule has 0 saturated carbocycles. The molecule has 1 saturated heterocycles. The van der Waals surface area contributed by atoms with Crippen LogP contribution in [0, 0.1) is 0 Å². The van der Waals surface area contributed by atoms with Gasteiger partial charge in [0, 0.05) is 39.1 Å². The summed E-state index contributed by atoms with van der Waals surface area (Å²) in [5.41, 5.74) is 0. The molecule has 1 aliphatic rings. The Morgan fingerprint density at radius 2 is 0.825 bits per heavy atom. The first-order valence-corrected chi connectivity index (χ1v) is 16.6. The Hall–Kier alpha value is -1.15. The second-order valence-corrected chi connectivity index (χ2v) is 11.2. The molecular formula is C33H60O7. The van der Waals surface area contributed by atoms with Gasteiger partial charge in [0.1, 0.15) is 31.1 Å². The van der Waals surface area contributed by atoms with E-state index in [4.69, 9.17) is 18.9 Å². The number of aldehydes is 3. The van der Waals surface area contributed by atoms with Crippen LogP contribution in [0.5, 0.6) is 0 Å². The van der Waals surface area contributed by atoms with E-state index in [-0.39, 0.29) is 24.6 Å². The van der Waals surface area contributed by atoms with Gasteiger partial charge in [0.15, 0.2) is 6.29 Å². The lowest BCUT2D eigenvalue weighted by Crippen LogP contribution is -2.39. The van der Waals surface area contributed by atoms with Crippen LogP contribution in [0.3, 0.4) is 0 Å². The maximum absolute atomic E-state index is 10.4. The zero-order valence-electron chi connectivity index (χ0n) is 25.6. The van der Waals surface area contributed by atoms with E-state index in [1.54, 1.807) is 0 Å². The normalized spacial score (nSPS) is 20.6. The Bertz CT molecular complexity index is 585. The van der Waals surface area contributed by atoms with Crippen LogP contribution in [0.2, 0.25) is 0 Å². The van der Waals surface area contributed by atoms with Crippen molar-refractivity contribution in [2.75, 3.05) is 19.8 Å². The van der Waals surface area contributed by atoms with E-state index in [9.17, 15) is 14.4 Å². The van der Waals surface area contributed by atoms with Crippen molar-refractivity contribution in [3.63, 3.8) is 0 Å². The number of hydrogen-bond acceptors (Lipinski definition) is 7. The third-order valence-electron chi connectivity index (χ3n) is 7.72. The minimum absolute atomic E-state index is 0.0195. The van der Waals surface area contributed by atoms with Crippen LogP contribution >= 0.6 is 0 Å². The fourth-order valence-corrected chi connectivity index (χ4v) is 5.28. The van der Waals surface area contributed by atoms with Crippen LogP contribution in [0.1, 0.15) is 148 Å². The molecule has 0 spiro atoms. The van der Waals surface area contributed by atoms with Gasteiger partial charge in [-0.1, -0.05) is 84.0 Å². The van der Waals surface area contributed by atoms with E-state index >= 15 is 0 Å². The molecule has 0 aromatic heterocycles. The summed E-state index contributed by atoms with van der Waals surface area (Å²) in [4.78, 5) is 31.3. The zero-order chi connectivity index (χ0) is 28.9. The van der Waals surface area contributed by atoms with E-state index in [0.29, 0.717) is 39.1 Å². The molecule has 0 radical (unpaired) electrons. The van der Waals surface area contributed by atoms with Crippen molar-refractivity contribution in [2.24, 2.45) is 0 Å². The third kappa shape index (κ3) is 19.1. The maximum Gasteiger partial charge on any atom is 0.186 e. The van der Waals surface area contributed by atoms with Gasteiger partial charge in [-0.3, -0.25) is 0 Å². The van der Waals surface area contributed by atoms with Crippen LogP contribution in [-0.2, 0) is 33.3 Å². The number of carbonyl (C=O) groups excluding carboxylic acids is 3. The lowest BCUT2D eigenvalue weighted by atomic mass is 10.1. The Balaban J connectivity index is 2.42. The molecule has 1 unspecified atom stereocenters. The van der Waals surface area contributed by atoms with Gasteiger partial charge in [-0.15, -0.1) is 0 Å². The Morgan fingerprint density at radius 1 is 0.475 bits per heavy atom. The average molecular weight is 569 g/mol. The van der Waals surface area contributed by atoms with Gasteiger partial charge in [0.25, 0.3) is 0 Å². The van der Waals surface area contributed by atoms with Crippen molar-refractivity contribution < 1.29 is 33.3 Å². The van der Waals surface area contributed by atoms with Crippen molar-refractivity contribution >= 4 is 18.9 Å². The van der Waals surface area contributed by atoms with Crippen molar-refractivity contribution in [3.05, 3.63) is 0 Å². The Kier molecular flexibility index (Phi) is 25.8. The number of rotatable bonds is 31. The first-order chi connectivity index (χ1) is 19.8. The van der Waals surface area contributed by atoms with Crippen molar-refractivity contribution in [1.82, 2.24) is 0 Å². The molecule has 0 N–H and O–H groups in total. The predicted octanol–water partition coefficient (Wildman–Crippen LogP) is 7.70. The number of carbonyl (C=O) groups is 3. The molecule has 1 fully saturated rings. The topological polar surface area (TPSA) is 88.1 Å². The van der Waals surface area contributed by atoms with E-state index in [1.165, 1.54) is 38.5 Å². The first kappa shape index (κ1) is 36.9. The average Bonchev–Trinajstić information content (AvgIpc) is 3.30. The molecule has 1 heterocycles. The molecule has 1 aliphatic heterocycles. The number of unbranched alkanes of at least 4 members (excludes halogenated alkanes) is 18. The zero-order valence-corrected chi connectivity index (χ0v) is 25.6. The van der Waals surface area contributed by atoms with Crippen LogP contribution in [0.15, 0.2) is 0 Å². The predicted molar refractivity (Wildman–Crippen MR) is 160 cm³/mol. The summed E-state index contributed by atoms with van der Waals surface area (Å²) in [6, 6.07) is 0. The highest BCUT2D eigenvalue weighted by atomic mass is 16.7. The Morgan fingerprint density at radius 3 is 1.23 bits per heavy atom. The summed E-state index contributed by atoms with van der Waals surface area (Å²) >= 11 is 0. The van der Waals surface area contributed by atoms with Crippen LogP contribution in [0.25, 0.3) is 0 Å². The second kappa shape index (κ2) is 28.0. The molecule has 7 heteroatoms. The standard InChI is InChI=1S/C33H60O7/c1-2-30-31(37-27-21-15-9-3-6-12-18-24-34)32(38-28-22-16-10-4-7-13-19-25-35)33(40-30)39-29-23-17-11-5-8-14-20-26-36/h24-26,30-33H,2-23,27-29H2,1H3/t30-,31+,32?,33-/m1/s1. The molecule has 1 rings (SSSR count). The van der Waals surface area contributed by atoms with Crippen molar-refractivity contribution in [2.45, 2.75) is 173 Å². The minimum Gasteiger partial charge on any atom is -0.373 e. The van der Waals surface area contributed by atoms with Gasteiger partial charge < -0.3 is 33.3 Å². The second-order valence-electron chi connectivity index (χ2n) is 11.2. The molecule has 0 bridgehead atoms. The summed E-state index contributed by atoms with van der Waals surface area (Å²) in [5, 5.41) is 0. The molecule has 234 valence electrons. The monoisotopic (exact) mass is 568 g/mol. The minimum atomic E-state index is -0.385. The van der Waals surface area contributed by atoms with Gasteiger partial charge in [0.2, 0.25) is 0 Å². The first-order valence-electron chi connectivity index (χ1n) is 16.6. The van der Waals surface area contributed by atoms with Gasteiger partial charge in [-0.2, -0.15) is 0 Å². The summed E-state index contributed by atoms with van der Waals surface area (Å²) in [6.07, 6.45) is 25.0. The highest BCUT2D eigenvalue weighted by Crippen LogP contribution is 2.30. The fraction of sp³-hybridized carbons (Fsp3) is 0.909. The molecule has 0 aromatic carbocycles. The number of ether oxygens (including phenoxy) is 4. The lowest BCUT2D eigenvalue weighted by Gasteiger charge is -2.25. The van der Waals surface area contributed by atoms with Gasteiger partial charge >= 0.3 is 0 Å². The van der Waals surface area contributed by atoms with Crippen molar-refractivity contribution in [1.29, 1.82) is 0 Å². The maximum atomic E-state index is 10.4. The van der Waals surface area contributed by atoms with E-state index in [2.05, 4.69) is 6.92 Å². The quantitative estimate of drug-likeness (QED) is 0.0625. The summed E-state index contributed by atoms with van der Waals surface area (Å²) in [7, 11) is 0. The van der Waals surface area contributed by atoms with E-state index in [0.717, 1.165) is 102 Å². The van der Waals surface area contributed by atoms with Gasteiger partial charge in [0.05, 0.1) is 6.10 Å². The van der Waals surface area contributed by atoms with Crippen LogP contribution in [-0.4, -0.2) is 63.3 Å². The molecule has 0 aliphatic carbocycles. The Labute approximate surface area is 244 Å². The van der Waals surface area contributed by atoms with Gasteiger partial charge in [-0.25, -0.2) is 0 Å². The highest BCUT2D eigenvalue weighted by molar-refractivity contribution is 5.49. The SMILES string of the molecule is CC[C@H]1O[C@@H](OCCCCCCCCC=O)C(OCCCCCCCCC=O)[C@H]1OCCCCCCCCC=O. The molecule has 0 amide bonds. The lowest BCUT2D eigenvalue weighted by molar-refractivity contribution is -0.179. The third-order valence-corrected chi connectivity index (χ3v) is 7.72. The number of hydrogen-bond donors (Lipinski definition) is 0. The largest absolute Gasteiger partial charge is 0.373 e. The molecule has 4 atom stereocenters. The summed E-state index contributed by atoms with van der Waals surface area (Å²) in [6.45, 7) is 4.18. The van der Waals surface area contributed by atoms with E-state index in [1.807, 2.05) is 0 Å². The molecule has 40 heavy (non-hydrogen) atoms. The van der Waals surface area contributed by atoms with Crippen molar-refractivity contribution in [3.8, 4) is 0 Å². The highest BCUT2D eigenvalue weighted by Gasteiger charge is 2.46. The molecule has 0 aromatic rings. The molecular weight excluding hydrogens is 508 g/mol. The smallest absolute Gasteiger partial charge is 0.186 e.